The van der Waals surface area contributed by atoms with Crippen molar-refractivity contribution in [3.8, 4) is 0 Å². The molecule has 3 N–H and O–H groups in total. The lowest BCUT2D eigenvalue weighted by Crippen LogP contribution is -2.40. The molecule has 104 valence electrons. The summed E-state index contributed by atoms with van der Waals surface area (Å²) in [6.45, 7) is 2.59. The molecule has 0 bridgehead atoms. The Morgan fingerprint density at radius 1 is 1.58 bits per heavy atom. The normalized spacial score (nSPS) is 19.5. The first-order valence-corrected chi connectivity index (χ1v) is 6.61. The van der Waals surface area contributed by atoms with Crippen molar-refractivity contribution in [2.45, 2.75) is 12.8 Å². The van der Waals surface area contributed by atoms with Crippen LogP contribution in [0.4, 0.5) is 10.1 Å². The van der Waals surface area contributed by atoms with E-state index in [4.69, 9.17) is 5.73 Å². The molecular weight excluding hydrogens is 245 g/mol. The van der Waals surface area contributed by atoms with E-state index in [1.807, 2.05) is 7.05 Å². The molecule has 4 nitrogen and oxygen atoms in total. The van der Waals surface area contributed by atoms with Crippen LogP contribution in [0.25, 0.3) is 0 Å². The van der Waals surface area contributed by atoms with E-state index in [-0.39, 0.29) is 5.56 Å². The third-order valence-corrected chi connectivity index (χ3v) is 3.59. The molecule has 19 heavy (non-hydrogen) atoms. The highest BCUT2D eigenvalue weighted by atomic mass is 19.1. The highest BCUT2D eigenvalue weighted by Crippen LogP contribution is 2.27. The van der Waals surface area contributed by atoms with Crippen molar-refractivity contribution in [1.82, 2.24) is 5.32 Å². The number of nitrogens with one attached hydrogen (secondary N) is 1. The number of nitrogens with two attached hydrogens (primary N) is 1. The van der Waals surface area contributed by atoms with E-state index in [1.54, 1.807) is 12.1 Å². The zero-order chi connectivity index (χ0) is 13.8. The van der Waals surface area contributed by atoms with Crippen LogP contribution in [0.5, 0.6) is 0 Å². The number of anilines is 1. The quantitative estimate of drug-likeness (QED) is 0.864. The Balaban J connectivity index is 2.26. The molecule has 0 radical (unpaired) electrons. The Kier molecular flexibility index (Phi) is 4.37. The van der Waals surface area contributed by atoms with Gasteiger partial charge in [-0.05, 0) is 44.5 Å². The van der Waals surface area contributed by atoms with E-state index < -0.39 is 11.7 Å². The van der Waals surface area contributed by atoms with Crippen LogP contribution in [0, 0.1) is 11.7 Å². The summed E-state index contributed by atoms with van der Waals surface area (Å²) in [5.41, 5.74) is 5.92. The van der Waals surface area contributed by atoms with Crippen LogP contribution in [0.15, 0.2) is 18.2 Å². The maximum Gasteiger partial charge on any atom is 0.253 e. The summed E-state index contributed by atoms with van der Waals surface area (Å²) in [4.78, 5) is 13.5. The van der Waals surface area contributed by atoms with E-state index in [1.165, 1.54) is 6.07 Å². The lowest BCUT2D eigenvalue weighted by Gasteiger charge is -2.35. The molecular formula is C14H20FN3O. The van der Waals surface area contributed by atoms with Crippen molar-refractivity contribution in [1.29, 1.82) is 0 Å². The molecule has 1 heterocycles. The number of hydrogen-bond acceptors (Lipinski definition) is 3. The predicted octanol–water partition coefficient (Wildman–Crippen LogP) is 1.36. The van der Waals surface area contributed by atoms with E-state index in [0.717, 1.165) is 32.5 Å². The van der Waals surface area contributed by atoms with Gasteiger partial charge in [-0.15, -0.1) is 0 Å². The summed E-state index contributed by atoms with van der Waals surface area (Å²) in [7, 11) is 1.93. The number of benzene rings is 1. The number of hydrogen-bond donors (Lipinski definition) is 2. The Hall–Kier alpha value is -1.62. The molecule has 0 aliphatic carbocycles. The topological polar surface area (TPSA) is 58.4 Å². The molecule has 2 rings (SSSR count). The van der Waals surface area contributed by atoms with Gasteiger partial charge in [-0.3, -0.25) is 4.79 Å². The van der Waals surface area contributed by atoms with Gasteiger partial charge in [-0.25, -0.2) is 4.39 Å². The van der Waals surface area contributed by atoms with Crippen LogP contribution in [0.1, 0.15) is 23.2 Å². The molecule has 1 fully saturated rings. The van der Waals surface area contributed by atoms with Crippen LogP contribution in [0.2, 0.25) is 0 Å². The summed E-state index contributed by atoms with van der Waals surface area (Å²) in [6, 6.07) is 4.67. The van der Waals surface area contributed by atoms with Crippen LogP contribution in [0.3, 0.4) is 0 Å². The van der Waals surface area contributed by atoms with Gasteiger partial charge in [0.15, 0.2) is 0 Å². The van der Waals surface area contributed by atoms with Crippen LogP contribution >= 0.6 is 0 Å². The van der Waals surface area contributed by atoms with Gasteiger partial charge < -0.3 is 16.0 Å². The SMILES string of the molecule is CNCC1CCCN(c2cccc(F)c2C(N)=O)C1. The molecule has 1 aliphatic heterocycles. The molecule has 1 unspecified atom stereocenters. The summed E-state index contributed by atoms with van der Waals surface area (Å²) in [6.07, 6.45) is 2.19. The summed E-state index contributed by atoms with van der Waals surface area (Å²) in [5.74, 6) is -0.729. The Labute approximate surface area is 112 Å². The number of rotatable bonds is 4. The number of piperidine rings is 1. The number of amides is 1. The van der Waals surface area contributed by atoms with Gasteiger partial charge in [0.2, 0.25) is 0 Å². The summed E-state index contributed by atoms with van der Waals surface area (Å²) >= 11 is 0. The lowest BCUT2D eigenvalue weighted by atomic mass is 9.96. The second-order valence-electron chi connectivity index (χ2n) is 5.01. The average molecular weight is 265 g/mol. The maximum atomic E-state index is 13.8. The van der Waals surface area contributed by atoms with Gasteiger partial charge >= 0.3 is 0 Å². The summed E-state index contributed by atoms with van der Waals surface area (Å²) < 4.78 is 13.8. The van der Waals surface area contributed by atoms with Gasteiger partial charge in [-0.1, -0.05) is 6.07 Å². The first kappa shape index (κ1) is 13.8. The largest absolute Gasteiger partial charge is 0.370 e. The number of carbonyl (C=O) groups excluding carboxylic acids is 1. The van der Waals surface area contributed by atoms with Gasteiger partial charge in [0, 0.05) is 13.1 Å². The fraction of sp³-hybridized carbons (Fsp3) is 0.500. The molecule has 1 aromatic carbocycles. The number of nitrogens with zero attached hydrogens (tertiary/aromatic N) is 1. The van der Waals surface area contributed by atoms with Crippen LogP contribution in [-0.4, -0.2) is 32.6 Å². The van der Waals surface area contributed by atoms with Gasteiger partial charge in [0.1, 0.15) is 5.82 Å². The van der Waals surface area contributed by atoms with Gasteiger partial charge in [-0.2, -0.15) is 0 Å². The van der Waals surface area contributed by atoms with Crippen LogP contribution in [-0.2, 0) is 0 Å². The van der Waals surface area contributed by atoms with E-state index in [9.17, 15) is 9.18 Å². The van der Waals surface area contributed by atoms with Crippen LogP contribution < -0.4 is 16.0 Å². The second-order valence-corrected chi connectivity index (χ2v) is 5.01. The summed E-state index contributed by atoms with van der Waals surface area (Å²) in [5, 5.41) is 3.17. The Morgan fingerprint density at radius 3 is 3.05 bits per heavy atom. The molecule has 1 amide bonds. The Morgan fingerprint density at radius 2 is 2.37 bits per heavy atom. The molecule has 0 saturated carbocycles. The monoisotopic (exact) mass is 265 g/mol. The maximum absolute atomic E-state index is 13.8. The predicted molar refractivity (Wildman–Crippen MR) is 73.8 cm³/mol. The highest BCUT2D eigenvalue weighted by Gasteiger charge is 2.24. The minimum absolute atomic E-state index is 0.00704. The smallest absolute Gasteiger partial charge is 0.253 e. The molecule has 1 saturated heterocycles. The Bertz CT molecular complexity index is 462. The highest BCUT2D eigenvalue weighted by molar-refractivity contribution is 5.99. The minimum atomic E-state index is -0.705. The van der Waals surface area contributed by atoms with Crippen molar-refractivity contribution < 1.29 is 9.18 Å². The standard InChI is InChI=1S/C14H20FN3O/c1-17-8-10-4-3-7-18(9-10)12-6-2-5-11(15)13(12)14(16)19/h2,5-6,10,17H,3-4,7-9H2,1H3,(H2,16,19). The van der Waals surface area contributed by atoms with Crippen molar-refractivity contribution in [2.24, 2.45) is 11.7 Å². The van der Waals surface area contributed by atoms with E-state index >= 15 is 0 Å². The fourth-order valence-electron chi connectivity index (χ4n) is 2.76. The van der Waals surface area contributed by atoms with Gasteiger partial charge in [0.25, 0.3) is 5.91 Å². The molecule has 0 aromatic heterocycles. The first-order chi connectivity index (χ1) is 9.13. The molecule has 1 aliphatic rings. The lowest BCUT2D eigenvalue weighted by molar-refractivity contribution is 0.0997. The van der Waals surface area contributed by atoms with E-state index in [2.05, 4.69) is 10.2 Å². The second kappa shape index (κ2) is 6.02. The van der Waals surface area contributed by atoms with Crippen molar-refractivity contribution in [2.75, 3.05) is 31.6 Å². The zero-order valence-electron chi connectivity index (χ0n) is 11.2. The molecule has 1 atom stereocenters. The molecule has 1 aromatic rings. The van der Waals surface area contributed by atoms with Gasteiger partial charge in [0.05, 0.1) is 11.3 Å². The van der Waals surface area contributed by atoms with Crippen molar-refractivity contribution in [3.63, 3.8) is 0 Å². The number of carbonyl (C=O) groups is 1. The van der Waals surface area contributed by atoms with Crippen molar-refractivity contribution >= 4 is 11.6 Å². The minimum Gasteiger partial charge on any atom is -0.370 e. The third kappa shape index (κ3) is 3.04. The molecule has 0 spiro atoms. The van der Waals surface area contributed by atoms with E-state index in [0.29, 0.717) is 11.6 Å². The fourth-order valence-corrected chi connectivity index (χ4v) is 2.76. The first-order valence-electron chi connectivity index (χ1n) is 6.61. The number of primary amides is 1. The average Bonchev–Trinajstić information content (AvgIpc) is 2.38. The molecule has 5 heteroatoms. The third-order valence-electron chi connectivity index (χ3n) is 3.59. The van der Waals surface area contributed by atoms with Crippen molar-refractivity contribution in [3.05, 3.63) is 29.6 Å². The number of halogens is 1. The zero-order valence-corrected chi connectivity index (χ0v) is 11.2.